The Morgan fingerprint density at radius 2 is 1.90 bits per heavy atom. The molecule has 0 unspecified atom stereocenters. The lowest BCUT2D eigenvalue weighted by Gasteiger charge is -2.43. The van der Waals surface area contributed by atoms with Crippen molar-refractivity contribution < 1.29 is 14.3 Å². The van der Waals surface area contributed by atoms with Crippen LogP contribution in [0, 0.1) is 23.7 Å². The van der Waals surface area contributed by atoms with Gasteiger partial charge in [0.05, 0.1) is 28.9 Å². The van der Waals surface area contributed by atoms with Crippen molar-refractivity contribution in [1.82, 2.24) is 15.3 Å². The molecule has 5 rings (SSSR count). The average molecular weight is 595 g/mol. The van der Waals surface area contributed by atoms with Gasteiger partial charge in [-0.15, -0.1) is 0 Å². The minimum atomic E-state index is -0.606. The van der Waals surface area contributed by atoms with Crippen LogP contribution in [0.3, 0.4) is 0 Å². The lowest BCUT2D eigenvalue weighted by atomic mass is 9.73. The predicted octanol–water partition coefficient (Wildman–Crippen LogP) is 7.05. The molecule has 1 aromatic heterocycles. The van der Waals surface area contributed by atoms with Gasteiger partial charge < -0.3 is 19.7 Å². The van der Waals surface area contributed by atoms with Crippen LogP contribution in [0.2, 0.25) is 10.0 Å². The molecule has 1 saturated heterocycles. The van der Waals surface area contributed by atoms with Gasteiger partial charge in [-0.2, -0.15) is 5.26 Å². The highest BCUT2D eigenvalue weighted by atomic mass is 35.5. The van der Waals surface area contributed by atoms with Crippen molar-refractivity contribution in [3.8, 4) is 22.9 Å². The maximum atomic E-state index is 12.9. The van der Waals surface area contributed by atoms with Crippen molar-refractivity contribution in [2.24, 2.45) is 5.41 Å². The van der Waals surface area contributed by atoms with E-state index in [1.54, 1.807) is 19.2 Å². The standard InChI is InChI=1S/C31H33Cl2N5O3/c1-18-25(21-7-6-8-23(32)26(21)33)24(17-34)36-28(35-18)38-13-11-31(12-14-38)16-19-9-10-20(40-5)15-22(19)27(31)37-29(39)41-30(2,3)4/h6-10,15,27H,11-14,16H2,1-5H3,(H,37,39)/t27-/m1/s1. The Morgan fingerprint density at radius 3 is 2.56 bits per heavy atom. The lowest BCUT2D eigenvalue weighted by Crippen LogP contribution is -2.48. The van der Waals surface area contributed by atoms with Crippen molar-refractivity contribution in [3.63, 3.8) is 0 Å². The normalized spacial score (nSPS) is 17.6. The first kappa shape index (κ1) is 29.0. The van der Waals surface area contributed by atoms with Crippen LogP contribution >= 0.6 is 23.2 Å². The monoisotopic (exact) mass is 593 g/mol. The Balaban J connectivity index is 1.42. The second-order valence-electron chi connectivity index (χ2n) is 11.7. The van der Waals surface area contributed by atoms with Crippen molar-refractivity contribution >= 4 is 35.2 Å². The van der Waals surface area contributed by atoms with E-state index in [1.165, 1.54) is 5.56 Å². The van der Waals surface area contributed by atoms with Crippen molar-refractivity contribution in [1.29, 1.82) is 5.26 Å². The smallest absolute Gasteiger partial charge is 0.408 e. The Hall–Kier alpha value is -3.54. The summed E-state index contributed by atoms with van der Waals surface area (Å²) in [5.74, 6) is 1.26. The predicted molar refractivity (Wildman–Crippen MR) is 160 cm³/mol. The third-order valence-corrected chi connectivity index (χ3v) is 8.75. The zero-order chi connectivity index (χ0) is 29.5. The Bertz CT molecular complexity index is 1540. The number of halogens is 2. The van der Waals surface area contributed by atoms with Gasteiger partial charge in [0.1, 0.15) is 17.4 Å². The van der Waals surface area contributed by atoms with E-state index in [4.69, 9.17) is 37.7 Å². The minimum absolute atomic E-state index is 0.205. The Kier molecular flexibility index (Phi) is 7.80. The van der Waals surface area contributed by atoms with Crippen molar-refractivity contribution in [2.75, 3.05) is 25.1 Å². The zero-order valence-corrected chi connectivity index (χ0v) is 25.4. The second kappa shape index (κ2) is 11.0. The molecule has 1 fully saturated rings. The summed E-state index contributed by atoms with van der Waals surface area (Å²) in [5, 5.41) is 14.0. The summed E-state index contributed by atoms with van der Waals surface area (Å²) >= 11 is 12.7. The molecule has 214 valence electrons. The summed E-state index contributed by atoms with van der Waals surface area (Å²) in [4.78, 5) is 24.5. The number of alkyl carbamates (subject to hydrolysis) is 1. The fraction of sp³-hybridized carbons (Fsp3) is 0.419. The number of hydrogen-bond donors (Lipinski definition) is 1. The van der Waals surface area contributed by atoms with Gasteiger partial charge in [-0.05, 0) is 76.3 Å². The number of amides is 1. The molecular formula is C31H33Cl2N5O3. The zero-order valence-electron chi connectivity index (χ0n) is 23.8. The third kappa shape index (κ3) is 5.66. The van der Waals surface area contributed by atoms with E-state index in [-0.39, 0.29) is 17.2 Å². The highest BCUT2D eigenvalue weighted by molar-refractivity contribution is 6.43. The van der Waals surface area contributed by atoms with Gasteiger partial charge >= 0.3 is 6.09 Å². The molecule has 2 aliphatic rings. The molecule has 41 heavy (non-hydrogen) atoms. The largest absolute Gasteiger partial charge is 0.497 e. The van der Waals surface area contributed by atoms with E-state index in [1.807, 2.05) is 45.9 Å². The van der Waals surface area contributed by atoms with Crippen LogP contribution in [-0.4, -0.2) is 41.9 Å². The number of piperidine rings is 1. The van der Waals surface area contributed by atoms with Crippen LogP contribution < -0.4 is 15.0 Å². The number of benzene rings is 2. The summed E-state index contributed by atoms with van der Waals surface area (Å²) in [7, 11) is 1.64. The van der Waals surface area contributed by atoms with Crippen LogP contribution in [0.4, 0.5) is 10.7 Å². The molecule has 0 radical (unpaired) electrons. The SMILES string of the molecule is COc1ccc2c(c1)[C@@H](NC(=O)OC(C)(C)C)C1(CCN(c3nc(C)c(-c4cccc(Cl)c4Cl)c(C#N)n3)CC1)C2. The Labute approximate surface area is 250 Å². The molecular weight excluding hydrogens is 561 g/mol. The fourth-order valence-corrected chi connectivity index (χ4v) is 6.41. The molecule has 1 atom stereocenters. The molecule has 1 aliphatic heterocycles. The molecule has 0 saturated carbocycles. The first-order valence-corrected chi connectivity index (χ1v) is 14.3. The summed E-state index contributed by atoms with van der Waals surface area (Å²) < 4.78 is 11.1. The molecule has 1 aliphatic carbocycles. The van der Waals surface area contributed by atoms with Gasteiger partial charge in [0.2, 0.25) is 5.95 Å². The number of carbonyl (C=O) groups is 1. The highest BCUT2D eigenvalue weighted by Crippen LogP contribution is 2.53. The van der Waals surface area contributed by atoms with E-state index >= 15 is 0 Å². The minimum Gasteiger partial charge on any atom is -0.497 e. The Morgan fingerprint density at radius 1 is 1.17 bits per heavy atom. The molecule has 2 aromatic carbocycles. The summed E-state index contributed by atoms with van der Waals surface area (Å²) in [6, 6.07) is 13.4. The molecule has 1 N–H and O–H groups in total. The topological polar surface area (TPSA) is 100 Å². The number of aromatic nitrogens is 2. The van der Waals surface area contributed by atoms with Gasteiger partial charge in [-0.25, -0.2) is 14.8 Å². The van der Waals surface area contributed by atoms with Gasteiger partial charge in [0, 0.05) is 29.6 Å². The molecule has 2 heterocycles. The average Bonchev–Trinajstić information content (AvgIpc) is 3.20. The number of nitriles is 1. The number of ether oxygens (including phenoxy) is 2. The van der Waals surface area contributed by atoms with Crippen molar-refractivity contribution in [3.05, 3.63) is 69.0 Å². The number of nitrogens with one attached hydrogen (secondary N) is 1. The first-order chi connectivity index (χ1) is 19.4. The fourth-order valence-electron chi connectivity index (χ4n) is 6.01. The maximum absolute atomic E-state index is 12.9. The lowest BCUT2D eigenvalue weighted by molar-refractivity contribution is 0.0427. The van der Waals surface area contributed by atoms with E-state index in [0.29, 0.717) is 45.9 Å². The first-order valence-electron chi connectivity index (χ1n) is 13.6. The van der Waals surface area contributed by atoms with E-state index < -0.39 is 11.7 Å². The van der Waals surface area contributed by atoms with Gasteiger partial charge in [0.15, 0.2) is 5.69 Å². The third-order valence-electron chi connectivity index (χ3n) is 7.93. The number of nitrogens with zero attached hydrogens (tertiary/aromatic N) is 4. The summed E-state index contributed by atoms with van der Waals surface area (Å²) in [6.45, 7) is 8.75. The van der Waals surface area contributed by atoms with E-state index in [2.05, 4.69) is 27.3 Å². The maximum Gasteiger partial charge on any atom is 0.408 e. The quantitative estimate of drug-likeness (QED) is 0.346. The van der Waals surface area contributed by atoms with Crippen molar-refractivity contribution in [2.45, 2.75) is 58.6 Å². The number of anilines is 1. The van der Waals surface area contributed by atoms with Crippen LogP contribution in [0.5, 0.6) is 5.75 Å². The van der Waals surface area contributed by atoms with Crippen LogP contribution in [0.1, 0.15) is 62.2 Å². The summed E-state index contributed by atoms with van der Waals surface area (Å²) in [6.07, 6.45) is 1.97. The van der Waals surface area contributed by atoms with Gasteiger partial charge in [-0.3, -0.25) is 0 Å². The molecule has 1 spiro atoms. The van der Waals surface area contributed by atoms with Crippen LogP contribution in [-0.2, 0) is 11.2 Å². The number of methoxy groups -OCH3 is 1. The summed E-state index contributed by atoms with van der Waals surface area (Å²) in [5.41, 5.74) is 3.57. The molecule has 8 nitrogen and oxygen atoms in total. The molecule has 10 heteroatoms. The van der Waals surface area contributed by atoms with Crippen LogP contribution in [0.25, 0.3) is 11.1 Å². The number of rotatable bonds is 4. The highest BCUT2D eigenvalue weighted by Gasteiger charge is 2.49. The van der Waals surface area contributed by atoms with Gasteiger partial charge in [0.25, 0.3) is 0 Å². The number of carbonyl (C=O) groups excluding carboxylic acids is 1. The van der Waals surface area contributed by atoms with Crippen LogP contribution in [0.15, 0.2) is 36.4 Å². The second-order valence-corrected chi connectivity index (χ2v) is 12.5. The van der Waals surface area contributed by atoms with Gasteiger partial charge in [-0.1, -0.05) is 41.4 Å². The van der Waals surface area contributed by atoms with E-state index in [0.717, 1.165) is 30.6 Å². The number of aryl methyl sites for hydroxylation is 1. The number of fused-ring (bicyclic) bond motifs is 1. The molecule has 0 bridgehead atoms. The number of hydrogen-bond acceptors (Lipinski definition) is 7. The molecule has 3 aromatic rings. The van der Waals surface area contributed by atoms with E-state index in [9.17, 15) is 10.1 Å². The molecule has 1 amide bonds.